The molecule has 0 unspecified atom stereocenters. The van der Waals surface area contributed by atoms with E-state index in [0.717, 1.165) is 49.6 Å². The zero-order valence-corrected chi connectivity index (χ0v) is 17.9. The van der Waals surface area contributed by atoms with Crippen LogP contribution in [0.5, 0.6) is 0 Å². The van der Waals surface area contributed by atoms with Crippen LogP contribution in [0.4, 0.5) is 0 Å². The van der Waals surface area contributed by atoms with E-state index in [0.29, 0.717) is 36.1 Å². The summed E-state index contributed by atoms with van der Waals surface area (Å²) in [5.74, 6) is 3.23. The van der Waals surface area contributed by atoms with Crippen molar-refractivity contribution in [3.05, 3.63) is 83.8 Å². The number of rotatable bonds is 6. The Morgan fingerprint density at radius 3 is 2.47 bits per heavy atom. The minimum atomic E-state index is 0.310. The van der Waals surface area contributed by atoms with Crippen molar-refractivity contribution < 1.29 is 8.94 Å². The third kappa shape index (κ3) is 3.84. The van der Waals surface area contributed by atoms with Gasteiger partial charge in [0.2, 0.25) is 17.7 Å². The molecule has 6 rings (SSSR count). The molecule has 7 nitrogen and oxygen atoms in total. The number of hydrogen-bond acceptors (Lipinski definition) is 7. The van der Waals surface area contributed by atoms with Crippen molar-refractivity contribution in [2.45, 2.75) is 38.1 Å². The lowest BCUT2D eigenvalue weighted by Crippen LogP contribution is -2.34. The van der Waals surface area contributed by atoms with Gasteiger partial charge in [0.05, 0.1) is 6.54 Å². The summed E-state index contributed by atoms with van der Waals surface area (Å²) in [5, 5.41) is 12.8. The first-order chi connectivity index (χ1) is 15.8. The van der Waals surface area contributed by atoms with Crippen molar-refractivity contribution in [1.29, 1.82) is 0 Å². The van der Waals surface area contributed by atoms with Crippen LogP contribution in [0.15, 0.2) is 69.6 Å². The van der Waals surface area contributed by atoms with Gasteiger partial charge in [-0.3, -0.25) is 4.90 Å². The Balaban J connectivity index is 1.04. The molecule has 2 aliphatic rings. The number of benzene rings is 2. The zero-order valence-electron chi connectivity index (χ0n) is 17.9. The lowest BCUT2D eigenvalue weighted by molar-refractivity contribution is 0.144. The number of nitrogens with zero attached hydrogens (tertiary/aromatic N) is 5. The van der Waals surface area contributed by atoms with Crippen LogP contribution in [0, 0.1) is 5.41 Å². The Kier molecular flexibility index (Phi) is 4.83. The van der Waals surface area contributed by atoms with E-state index in [1.54, 1.807) is 0 Å². The molecule has 162 valence electrons. The molecule has 1 spiro atoms. The molecule has 3 heterocycles. The van der Waals surface area contributed by atoms with E-state index >= 15 is 0 Å². The highest BCUT2D eigenvalue weighted by Crippen LogP contribution is 2.64. The summed E-state index contributed by atoms with van der Waals surface area (Å²) in [7, 11) is 0. The van der Waals surface area contributed by atoms with Crippen molar-refractivity contribution >= 4 is 0 Å². The Hall–Kier alpha value is -3.32. The summed E-state index contributed by atoms with van der Waals surface area (Å²) in [5.41, 5.74) is 2.47. The molecule has 7 heteroatoms. The largest absolute Gasteiger partial charge is 0.420 e. The van der Waals surface area contributed by atoms with Gasteiger partial charge in [0.25, 0.3) is 0 Å². The van der Waals surface area contributed by atoms with Gasteiger partial charge in [-0.25, -0.2) is 0 Å². The van der Waals surface area contributed by atoms with E-state index in [-0.39, 0.29) is 0 Å². The third-order valence-corrected chi connectivity index (χ3v) is 6.88. The van der Waals surface area contributed by atoms with E-state index < -0.39 is 0 Å². The van der Waals surface area contributed by atoms with Gasteiger partial charge >= 0.3 is 0 Å². The molecule has 0 radical (unpaired) electrons. The van der Waals surface area contributed by atoms with Crippen LogP contribution in [0.3, 0.4) is 0 Å². The summed E-state index contributed by atoms with van der Waals surface area (Å²) in [6, 6.07) is 20.2. The maximum Gasteiger partial charge on any atom is 0.247 e. The fourth-order valence-electron chi connectivity index (χ4n) is 4.87. The van der Waals surface area contributed by atoms with Gasteiger partial charge in [-0.2, -0.15) is 4.98 Å². The molecule has 2 aromatic carbocycles. The monoisotopic (exact) mass is 427 g/mol. The van der Waals surface area contributed by atoms with Crippen molar-refractivity contribution in [1.82, 2.24) is 25.2 Å². The SMILES string of the molecule is c1ccc(Cc2noc(CN3CCC4(CC3)C[C@H]4c3nnc(-c4ccccc4)o3)n2)cc1. The van der Waals surface area contributed by atoms with E-state index in [9.17, 15) is 0 Å². The standard InChI is InChI=1S/C25H25N5O2/c1-3-7-18(8-4-1)15-21-26-22(32-29-21)17-30-13-11-25(12-14-30)16-20(25)24-28-27-23(31-24)19-9-5-2-6-10-19/h1-10,20H,11-17H2/t20-/m0/s1. The first-order valence-corrected chi connectivity index (χ1v) is 11.2. The number of hydrogen-bond donors (Lipinski definition) is 0. The summed E-state index contributed by atoms with van der Waals surface area (Å²) in [6.07, 6.45) is 4.10. The van der Waals surface area contributed by atoms with E-state index in [1.165, 1.54) is 5.56 Å². The predicted octanol–water partition coefficient (Wildman–Crippen LogP) is 4.48. The summed E-state index contributed by atoms with van der Waals surface area (Å²) in [6.45, 7) is 2.75. The molecule has 4 aromatic rings. The minimum Gasteiger partial charge on any atom is -0.420 e. The normalized spacial score (nSPS) is 19.9. The smallest absolute Gasteiger partial charge is 0.247 e. The molecular formula is C25H25N5O2. The highest BCUT2D eigenvalue weighted by atomic mass is 16.5. The second kappa shape index (κ2) is 7.98. The molecule has 0 N–H and O–H groups in total. The van der Waals surface area contributed by atoms with Crippen LogP contribution < -0.4 is 0 Å². The van der Waals surface area contributed by atoms with Crippen LogP contribution in [-0.4, -0.2) is 38.3 Å². The van der Waals surface area contributed by atoms with Gasteiger partial charge in [-0.15, -0.1) is 10.2 Å². The van der Waals surface area contributed by atoms with Gasteiger partial charge in [0, 0.05) is 17.9 Å². The molecule has 2 aromatic heterocycles. The summed E-state index contributed by atoms with van der Waals surface area (Å²) >= 11 is 0. The fourth-order valence-corrected chi connectivity index (χ4v) is 4.87. The van der Waals surface area contributed by atoms with Gasteiger partial charge < -0.3 is 8.94 Å². The molecule has 1 atom stereocenters. The zero-order chi connectivity index (χ0) is 21.4. The molecule has 1 saturated heterocycles. The van der Waals surface area contributed by atoms with Crippen molar-refractivity contribution in [3.8, 4) is 11.5 Å². The van der Waals surface area contributed by atoms with Gasteiger partial charge in [-0.1, -0.05) is 53.7 Å². The van der Waals surface area contributed by atoms with Crippen LogP contribution >= 0.6 is 0 Å². The highest BCUT2D eigenvalue weighted by Gasteiger charge is 2.58. The second-order valence-electron chi connectivity index (χ2n) is 8.97. The van der Waals surface area contributed by atoms with Gasteiger partial charge in [0.15, 0.2) is 5.82 Å². The molecule has 1 aliphatic carbocycles. The second-order valence-corrected chi connectivity index (χ2v) is 8.97. The molecule has 1 saturated carbocycles. The maximum atomic E-state index is 6.03. The molecule has 0 bridgehead atoms. The van der Waals surface area contributed by atoms with Crippen molar-refractivity contribution in [3.63, 3.8) is 0 Å². The topological polar surface area (TPSA) is 81.1 Å². The van der Waals surface area contributed by atoms with E-state index in [2.05, 4.69) is 37.4 Å². The van der Waals surface area contributed by atoms with Gasteiger partial charge in [0.1, 0.15) is 0 Å². The molecule has 1 aliphatic heterocycles. The number of aromatic nitrogens is 4. The van der Waals surface area contributed by atoms with Crippen molar-refractivity contribution in [2.75, 3.05) is 13.1 Å². The minimum absolute atomic E-state index is 0.310. The van der Waals surface area contributed by atoms with Crippen LogP contribution in [0.1, 0.15) is 48.3 Å². The fraction of sp³-hybridized carbons (Fsp3) is 0.360. The van der Waals surface area contributed by atoms with Crippen molar-refractivity contribution in [2.24, 2.45) is 5.41 Å². The van der Waals surface area contributed by atoms with E-state index in [4.69, 9.17) is 8.94 Å². The van der Waals surface area contributed by atoms with Gasteiger partial charge in [-0.05, 0) is 55.5 Å². The summed E-state index contributed by atoms with van der Waals surface area (Å²) in [4.78, 5) is 7.00. The molecule has 32 heavy (non-hydrogen) atoms. The first kappa shape index (κ1) is 19.4. The van der Waals surface area contributed by atoms with Crippen LogP contribution in [-0.2, 0) is 13.0 Å². The molecular weight excluding hydrogens is 402 g/mol. The Bertz CT molecular complexity index is 1180. The third-order valence-electron chi connectivity index (χ3n) is 6.88. The van der Waals surface area contributed by atoms with Crippen LogP contribution in [0.2, 0.25) is 0 Å². The Morgan fingerprint density at radius 2 is 1.69 bits per heavy atom. The van der Waals surface area contributed by atoms with Crippen LogP contribution in [0.25, 0.3) is 11.5 Å². The molecule has 2 fully saturated rings. The summed E-state index contributed by atoms with van der Waals surface area (Å²) < 4.78 is 11.5. The number of likely N-dealkylation sites (tertiary alicyclic amines) is 1. The Labute approximate surface area is 186 Å². The maximum absolute atomic E-state index is 6.03. The Morgan fingerprint density at radius 1 is 0.938 bits per heavy atom. The lowest BCUT2D eigenvalue weighted by Gasteiger charge is -2.31. The average molecular weight is 428 g/mol. The highest BCUT2D eigenvalue weighted by molar-refractivity contribution is 5.51. The lowest BCUT2D eigenvalue weighted by atomic mass is 9.91. The quantitative estimate of drug-likeness (QED) is 0.449. The number of piperidine rings is 1. The molecule has 0 amide bonds. The first-order valence-electron chi connectivity index (χ1n) is 11.2. The predicted molar refractivity (Wildman–Crippen MR) is 118 cm³/mol. The average Bonchev–Trinajstić information content (AvgIpc) is 3.17. The van der Waals surface area contributed by atoms with E-state index in [1.807, 2.05) is 48.5 Å².